The molecule has 6 heteroatoms. The highest BCUT2D eigenvalue weighted by Crippen LogP contribution is 2.24. The van der Waals surface area contributed by atoms with Crippen molar-refractivity contribution in [3.63, 3.8) is 0 Å². The second kappa shape index (κ2) is 4.82. The maximum atomic E-state index is 13.1. The highest BCUT2D eigenvalue weighted by Gasteiger charge is 2.29. The summed E-state index contributed by atoms with van der Waals surface area (Å²) < 4.78 is 13.1. The van der Waals surface area contributed by atoms with E-state index >= 15 is 0 Å². The SMILES string of the molecule is O=C(Nc1cccc2c1C(=O)NC2=O)c1cccc(F)c1. The molecule has 2 aromatic rings. The van der Waals surface area contributed by atoms with E-state index in [1.54, 1.807) is 6.07 Å². The lowest BCUT2D eigenvalue weighted by molar-refractivity contribution is 0.0879. The molecule has 0 spiro atoms. The minimum Gasteiger partial charge on any atom is -0.321 e. The smallest absolute Gasteiger partial charge is 0.261 e. The number of hydrogen-bond donors (Lipinski definition) is 2. The summed E-state index contributed by atoms with van der Waals surface area (Å²) in [6.45, 7) is 0. The Balaban J connectivity index is 1.95. The fourth-order valence-corrected chi connectivity index (χ4v) is 2.15. The summed E-state index contributed by atoms with van der Waals surface area (Å²) in [4.78, 5) is 35.3. The van der Waals surface area contributed by atoms with Gasteiger partial charge in [0.25, 0.3) is 17.7 Å². The third-order valence-corrected chi connectivity index (χ3v) is 3.10. The van der Waals surface area contributed by atoms with E-state index in [0.717, 1.165) is 6.07 Å². The number of benzene rings is 2. The number of fused-ring (bicyclic) bond motifs is 1. The predicted molar refractivity (Wildman–Crippen MR) is 72.6 cm³/mol. The molecular weight excluding hydrogens is 275 g/mol. The topological polar surface area (TPSA) is 75.3 Å². The van der Waals surface area contributed by atoms with Gasteiger partial charge in [-0.2, -0.15) is 0 Å². The Labute approximate surface area is 118 Å². The molecule has 0 aromatic heterocycles. The first-order valence-electron chi connectivity index (χ1n) is 6.12. The van der Waals surface area contributed by atoms with Crippen molar-refractivity contribution >= 4 is 23.4 Å². The van der Waals surface area contributed by atoms with Gasteiger partial charge in [0.2, 0.25) is 0 Å². The minimum absolute atomic E-state index is 0.118. The number of amides is 3. The number of hydrogen-bond acceptors (Lipinski definition) is 3. The van der Waals surface area contributed by atoms with Crippen molar-refractivity contribution in [3.05, 3.63) is 65.0 Å². The van der Waals surface area contributed by atoms with Crippen LogP contribution >= 0.6 is 0 Å². The van der Waals surface area contributed by atoms with Crippen LogP contribution in [0.1, 0.15) is 31.1 Å². The Morgan fingerprint density at radius 2 is 1.81 bits per heavy atom. The van der Waals surface area contributed by atoms with Crippen LogP contribution in [0.2, 0.25) is 0 Å². The molecule has 0 aliphatic carbocycles. The third kappa shape index (κ3) is 2.27. The molecule has 3 rings (SSSR count). The molecule has 0 saturated heterocycles. The van der Waals surface area contributed by atoms with Crippen molar-refractivity contribution in [1.82, 2.24) is 5.32 Å². The van der Waals surface area contributed by atoms with Gasteiger partial charge in [0.1, 0.15) is 5.82 Å². The Kier molecular flexibility index (Phi) is 2.98. The molecule has 21 heavy (non-hydrogen) atoms. The van der Waals surface area contributed by atoms with Crippen molar-refractivity contribution < 1.29 is 18.8 Å². The highest BCUT2D eigenvalue weighted by atomic mass is 19.1. The molecular formula is C15H9FN2O3. The molecule has 0 atom stereocenters. The summed E-state index contributed by atoms with van der Waals surface area (Å²) in [7, 11) is 0. The number of halogens is 1. The van der Waals surface area contributed by atoms with Gasteiger partial charge in [-0.1, -0.05) is 12.1 Å². The van der Waals surface area contributed by atoms with Crippen molar-refractivity contribution in [2.24, 2.45) is 0 Å². The molecule has 104 valence electrons. The van der Waals surface area contributed by atoms with Crippen molar-refractivity contribution in [2.75, 3.05) is 5.32 Å². The van der Waals surface area contributed by atoms with E-state index in [1.807, 2.05) is 0 Å². The first kappa shape index (κ1) is 13.0. The summed E-state index contributed by atoms with van der Waals surface area (Å²) in [5, 5.41) is 4.67. The lowest BCUT2D eigenvalue weighted by Gasteiger charge is -2.08. The molecule has 1 heterocycles. The van der Waals surface area contributed by atoms with Gasteiger partial charge in [-0.25, -0.2) is 4.39 Å². The van der Waals surface area contributed by atoms with Gasteiger partial charge in [0.05, 0.1) is 16.8 Å². The van der Waals surface area contributed by atoms with Crippen molar-refractivity contribution in [2.45, 2.75) is 0 Å². The van der Waals surface area contributed by atoms with Gasteiger partial charge in [-0.05, 0) is 30.3 Å². The molecule has 3 amide bonds. The molecule has 1 aliphatic heterocycles. The first-order chi connectivity index (χ1) is 10.1. The monoisotopic (exact) mass is 284 g/mol. The van der Waals surface area contributed by atoms with Gasteiger partial charge < -0.3 is 5.32 Å². The van der Waals surface area contributed by atoms with Crippen LogP contribution in [0.5, 0.6) is 0 Å². The van der Waals surface area contributed by atoms with E-state index in [0.29, 0.717) is 0 Å². The third-order valence-electron chi connectivity index (χ3n) is 3.10. The molecule has 0 unspecified atom stereocenters. The van der Waals surface area contributed by atoms with E-state index in [4.69, 9.17) is 0 Å². The van der Waals surface area contributed by atoms with Crippen LogP contribution in [-0.2, 0) is 0 Å². The molecule has 0 saturated carbocycles. The zero-order chi connectivity index (χ0) is 15.0. The summed E-state index contributed by atoms with van der Waals surface area (Å²) in [6.07, 6.45) is 0. The summed E-state index contributed by atoms with van der Waals surface area (Å²) >= 11 is 0. The van der Waals surface area contributed by atoms with Crippen LogP contribution in [0.3, 0.4) is 0 Å². The molecule has 5 nitrogen and oxygen atoms in total. The number of nitrogens with one attached hydrogen (secondary N) is 2. The molecule has 2 N–H and O–H groups in total. The molecule has 1 aliphatic rings. The summed E-state index contributed by atoms with van der Waals surface area (Å²) in [5.74, 6) is -2.16. The standard InChI is InChI=1S/C15H9FN2O3/c16-9-4-1-3-8(7-9)13(19)17-11-6-2-5-10-12(11)15(21)18-14(10)20/h1-7H,(H,17,19)(H,18,20,21). The fourth-order valence-electron chi connectivity index (χ4n) is 2.15. The van der Waals surface area contributed by atoms with Crippen molar-refractivity contribution in [1.29, 1.82) is 0 Å². The average Bonchev–Trinajstić information content (AvgIpc) is 2.75. The van der Waals surface area contributed by atoms with Crippen molar-refractivity contribution in [3.8, 4) is 0 Å². The van der Waals surface area contributed by atoms with Gasteiger partial charge in [-0.3, -0.25) is 19.7 Å². The predicted octanol–water partition coefficient (Wildman–Crippen LogP) is 1.96. The van der Waals surface area contributed by atoms with E-state index in [1.165, 1.54) is 30.3 Å². The first-order valence-corrected chi connectivity index (χ1v) is 6.12. The Hall–Kier alpha value is -3.02. The zero-order valence-electron chi connectivity index (χ0n) is 10.6. The summed E-state index contributed by atoms with van der Waals surface area (Å²) in [5.41, 5.74) is 0.659. The second-order valence-electron chi connectivity index (χ2n) is 4.48. The Bertz CT molecular complexity index is 786. The van der Waals surface area contributed by atoms with E-state index in [9.17, 15) is 18.8 Å². The van der Waals surface area contributed by atoms with Crippen LogP contribution in [0.15, 0.2) is 42.5 Å². The summed E-state index contributed by atoms with van der Waals surface area (Å²) in [6, 6.07) is 9.73. The lowest BCUT2D eigenvalue weighted by Crippen LogP contribution is -2.20. The Morgan fingerprint density at radius 1 is 1.05 bits per heavy atom. The largest absolute Gasteiger partial charge is 0.321 e. The van der Waals surface area contributed by atoms with Crippen LogP contribution in [0.25, 0.3) is 0 Å². The number of carbonyl (C=O) groups excluding carboxylic acids is 3. The quantitative estimate of drug-likeness (QED) is 0.828. The lowest BCUT2D eigenvalue weighted by atomic mass is 10.1. The van der Waals surface area contributed by atoms with Gasteiger partial charge >= 0.3 is 0 Å². The fraction of sp³-hybridized carbons (Fsp3) is 0. The molecule has 0 bridgehead atoms. The van der Waals surface area contributed by atoms with Crippen LogP contribution in [-0.4, -0.2) is 17.7 Å². The van der Waals surface area contributed by atoms with Crippen LogP contribution in [0.4, 0.5) is 10.1 Å². The molecule has 0 radical (unpaired) electrons. The van der Waals surface area contributed by atoms with E-state index in [2.05, 4.69) is 10.6 Å². The molecule has 0 fully saturated rings. The van der Waals surface area contributed by atoms with Gasteiger partial charge in [0.15, 0.2) is 0 Å². The highest BCUT2D eigenvalue weighted by molar-refractivity contribution is 6.25. The Morgan fingerprint density at radius 3 is 2.57 bits per heavy atom. The number of anilines is 1. The molecule has 2 aromatic carbocycles. The number of imide groups is 1. The average molecular weight is 284 g/mol. The number of rotatable bonds is 2. The zero-order valence-corrected chi connectivity index (χ0v) is 10.6. The minimum atomic E-state index is -0.565. The van der Waals surface area contributed by atoms with E-state index in [-0.39, 0.29) is 22.4 Å². The second-order valence-corrected chi connectivity index (χ2v) is 4.48. The number of carbonyl (C=O) groups is 3. The van der Waals surface area contributed by atoms with E-state index < -0.39 is 23.5 Å². The maximum absolute atomic E-state index is 13.1. The maximum Gasteiger partial charge on any atom is 0.261 e. The normalized spacial score (nSPS) is 12.8. The van der Waals surface area contributed by atoms with Gasteiger partial charge in [0, 0.05) is 5.56 Å². The van der Waals surface area contributed by atoms with Crippen LogP contribution < -0.4 is 10.6 Å². The van der Waals surface area contributed by atoms with Crippen LogP contribution in [0, 0.1) is 5.82 Å². The van der Waals surface area contributed by atoms with Gasteiger partial charge in [-0.15, -0.1) is 0 Å².